The fraction of sp³-hybridized carbons (Fsp3) is 0.107. The summed E-state index contributed by atoms with van der Waals surface area (Å²) < 4.78 is 28.4. The topological polar surface area (TPSA) is 78.5 Å². The van der Waals surface area contributed by atoms with Crippen LogP contribution in [0.15, 0.2) is 83.7 Å². The molecule has 0 aromatic heterocycles. The molecule has 2 N–H and O–H groups in total. The molecule has 1 unspecified atom stereocenters. The Morgan fingerprint density at radius 1 is 0.917 bits per heavy atom. The number of hydrogen-bond donors (Lipinski definition) is 2. The second-order valence-corrected chi connectivity index (χ2v) is 9.13. The van der Waals surface area contributed by atoms with Gasteiger partial charge in [0.15, 0.2) is 11.6 Å². The molecule has 3 aliphatic heterocycles. The minimum absolute atomic E-state index is 0.0216. The molecule has 7 rings (SSSR count). The first kappa shape index (κ1) is 20.8. The molecule has 0 bridgehead atoms. The molecule has 1 fully saturated rings. The Labute approximate surface area is 203 Å². The highest BCUT2D eigenvalue weighted by Gasteiger charge is 2.63. The smallest absolute Gasteiger partial charge is 0.244 e. The Morgan fingerprint density at radius 2 is 1.64 bits per heavy atom. The van der Waals surface area contributed by atoms with Crippen molar-refractivity contribution in [1.82, 2.24) is 10.2 Å². The van der Waals surface area contributed by atoms with Gasteiger partial charge in [0.1, 0.15) is 22.9 Å². The highest BCUT2D eigenvalue weighted by Crippen LogP contribution is 2.58. The van der Waals surface area contributed by atoms with E-state index in [1.807, 2.05) is 17.0 Å². The van der Waals surface area contributed by atoms with E-state index in [0.29, 0.717) is 41.4 Å². The van der Waals surface area contributed by atoms with Crippen LogP contribution in [0.5, 0.6) is 0 Å². The minimum Gasteiger partial charge on any atom is -0.369 e. The zero-order valence-corrected chi connectivity index (χ0v) is 18.7. The first-order valence-corrected chi connectivity index (χ1v) is 11.5. The summed E-state index contributed by atoms with van der Waals surface area (Å²) in [5, 5.41) is 6.02. The van der Waals surface area contributed by atoms with Crippen LogP contribution in [-0.4, -0.2) is 35.5 Å². The molecule has 0 saturated carbocycles. The number of nitrogens with zero attached hydrogens (tertiary/aromatic N) is 1. The molecule has 1 atom stereocenters. The molecule has 3 aromatic rings. The van der Waals surface area contributed by atoms with Gasteiger partial charge in [-0.2, -0.15) is 0 Å². The lowest BCUT2D eigenvalue weighted by Gasteiger charge is -2.39. The molecule has 176 valence electrons. The fourth-order valence-corrected chi connectivity index (χ4v) is 5.93. The van der Waals surface area contributed by atoms with Crippen molar-refractivity contribution in [3.05, 3.63) is 118 Å². The summed E-state index contributed by atoms with van der Waals surface area (Å²) in [6, 6.07) is 15.9. The van der Waals surface area contributed by atoms with Crippen LogP contribution < -0.4 is 10.6 Å². The average molecular weight is 481 g/mol. The summed E-state index contributed by atoms with van der Waals surface area (Å²) in [6.45, 7) is 0.931. The molecule has 3 heterocycles. The summed E-state index contributed by atoms with van der Waals surface area (Å²) in [5.74, 6) is -2.27. The number of fused-ring (bicyclic) bond motifs is 7. The third-order valence-corrected chi connectivity index (χ3v) is 7.35. The lowest BCUT2D eigenvalue weighted by molar-refractivity contribution is -0.118. The maximum atomic E-state index is 14.7. The second-order valence-electron chi connectivity index (χ2n) is 9.13. The largest absolute Gasteiger partial charge is 0.369 e. The van der Waals surface area contributed by atoms with E-state index in [1.54, 1.807) is 12.1 Å². The van der Waals surface area contributed by atoms with E-state index in [0.717, 1.165) is 12.1 Å². The van der Waals surface area contributed by atoms with Crippen LogP contribution in [0.25, 0.3) is 5.70 Å². The summed E-state index contributed by atoms with van der Waals surface area (Å²) in [7, 11) is 0. The molecule has 0 radical (unpaired) electrons. The molecule has 1 amide bonds. The van der Waals surface area contributed by atoms with E-state index in [4.69, 9.17) is 0 Å². The zero-order valence-electron chi connectivity index (χ0n) is 18.7. The van der Waals surface area contributed by atoms with Crippen LogP contribution in [-0.2, 0) is 10.2 Å². The predicted molar refractivity (Wildman–Crippen MR) is 127 cm³/mol. The highest BCUT2D eigenvalue weighted by molar-refractivity contribution is 6.33. The normalized spacial score (nSPS) is 21.3. The van der Waals surface area contributed by atoms with E-state index in [9.17, 15) is 23.2 Å². The van der Waals surface area contributed by atoms with E-state index in [1.165, 1.54) is 30.3 Å². The highest BCUT2D eigenvalue weighted by atomic mass is 19.1. The first-order valence-electron chi connectivity index (χ1n) is 11.5. The summed E-state index contributed by atoms with van der Waals surface area (Å²) in [4.78, 5) is 44.1. The van der Waals surface area contributed by atoms with E-state index >= 15 is 0 Å². The maximum Gasteiger partial charge on any atom is 0.244 e. The number of halogens is 2. The number of carbonyl (C=O) groups excluding carboxylic acids is 3. The van der Waals surface area contributed by atoms with Gasteiger partial charge < -0.3 is 15.5 Å². The minimum atomic E-state index is -1.89. The van der Waals surface area contributed by atoms with Gasteiger partial charge in [-0.05, 0) is 42.5 Å². The van der Waals surface area contributed by atoms with Gasteiger partial charge >= 0.3 is 0 Å². The monoisotopic (exact) mass is 481 g/mol. The number of ketones is 2. The van der Waals surface area contributed by atoms with Crippen molar-refractivity contribution in [2.45, 2.75) is 5.41 Å². The molecular formula is C28H17F2N3O3. The number of anilines is 1. The standard InChI is InChI=1S/C28H17F2N3O3/c29-15-7-5-14(6-8-15)24(34)22-26-31-11-12-33(26)23-17-3-1-2-4-18(17)25(35)21(23)28(22)19-13-16(30)9-10-20(19)32-27(28)36/h1-10,13,31H,11-12H2,(H,32,36). The molecule has 3 aromatic carbocycles. The van der Waals surface area contributed by atoms with Gasteiger partial charge in [-0.3, -0.25) is 14.4 Å². The fourth-order valence-electron chi connectivity index (χ4n) is 5.93. The van der Waals surface area contributed by atoms with Gasteiger partial charge in [0, 0.05) is 46.6 Å². The van der Waals surface area contributed by atoms with Gasteiger partial charge in [0.2, 0.25) is 5.91 Å². The van der Waals surface area contributed by atoms with Crippen LogP contribution in [0.3, 0.4) is 0 Å². The number of Topliss-reactive ketones (excluding diaryl/α,β-unsaturated/α-hetero) is 2. The Kier molecular flexibility index (Phi) is 4.02. The van der Waals surface area contributed by atoms with Crippen molar-refractivity contribution in [2.75, 3.05) is 18.4 Å². The predicted octanol–water partition coefficient (Wildman–Crippen LogP) is 3.78. The number of nitrogens with one attached hydrogen (secondary N) is 2. The third-order valence-electron chi connectivity index (χ3n) is 7.35. The van der Waals surface area contributed by atoms with Gasteiger partial charge in [-0.1, -0.05) is 24.3 Å². The Bertz CT molecular complexity index is 1620. The van der Waals surface area contributed by atoms with Crippen molar-refractivity contribution in [2.24, 2.45) is 0 Å². The van der Waals surface area contributed by atoms with Crippen LogP contribution in [0, 0.1) is 11.6 Å². The summed E-state index contributed by atoms with van der Waals surface area (Å²) >= 11 is 0. The van der Waals surface area contributed by atoms with Crippen molar-refractivity contribution in [3.63, 3.8) is 0 Å². The molecule has 36 heavy (non-hydrogen) atoms. The molecule has 4 aliphatic rings. The number of rotatable bonds is 2. The van der Waals surface area contributed by atoms with Gasteiger partial charge in [-0.25, -0.2) is 8.78 Å². The van der Waals surface area contributed by atoms with Crippen molar-refractivity contribution in [1.29, 1.82) is 0 Å². The Hall–Kier alpha value is -4.59. The van der Waals surface area contributed by atoms with Crippen LogP contribution in [0.4, 0.5) is 14.5 Å². The van der Waals surface area contributed by atoms with Crippen LogP contribution in [0.1, 0.15) is 31.8 Å². The maximum absolute atomic E-state index is 14.7. The molecule has 1 spiro atoms. The van der Waals surface area contributed by atoms with Crippen LogP contribution in [0.2, 0.25) is 0 Å². The van der Waals surface area contributed by atoms with Gasteiger partial charge in [0.25, 0.3) is 0 Å². The van der Waals surface area contributed by atoms with Gasteiger partial charge in [0.05, 0.1) is 11.3 Å². The zero-order chi connectivity index (χ0) is 24.8. The number of hydrogen-bond acceptors (Lipinski definition) is 5. The second kappa shape index (κ2) is 6.97. The molecule has 8 heteroatoms. The molecule has 1 saturated heterocycles. The molecular weight excluding hydrogens is 464 g/mol. The van der Waals surface area contributed by atoms with Crippen LogP contribution >= 0.6 is 0 Å². The number of amides is 1. The number of carbonyl (C=O) groups is 3. The third kappa shape index (κ3) is 2.40. The van der Waals surface area contributed by atoms with Crippen molar-refractivity contribution < 1.29 is 23.2 Å². The van der Waals surface area contributed by atoms with Crippen molar-refractivity contribution in [3.8, 4) is 0 Å². The Balaban J connectivity index is 1.60. The van der Waals surface area contributed by atoms with E-state index < -0.39 is 28.7 Å². The number of benzene rings is 3. The summed E-state index contributed by atoms with van der Waals surface area (Å²) in [6.07, 6.45) is 0. The average Bonchev–Trinajstić information content (AvgIpc) is 3.54. The molecule has 1 aliphatic carbocycles. The first-order chi connectivity index (χ1) is 17.4. The van der Waals surface area contributed by atoms with E-state index in [2.05, 4.69) is 10.6 Å². The Morgan fingerprint density at radius 3 is 2.42 bits per heavy atom. The van der Waals surface area contributed by atoms with E-state index in [-0.39, 0.29) is 28.1 Å². The van der Waals surface area contributed by atoms with Crippen molar-refractivity contribution >= 4 is 28.9 Å². The van der Waals surface area contributed by atoms with Gasteiger partial charge in [-0.15, -0.1) is 0 Å². The summed E-state index contributed by atoms with van der Waals surface area (Å²) in [5.41, 5.74) is 0.551. The molecule has 6 nitrogen and oxygen atoms in total. The lowest BCUT2D eigenvalue weighted by Crippen LogP contribution is -2.48. The lowest BCUT2D eigenvalue weighted by atomic mass is 9.64. The quantitative estimate of drug-likeness (QED) is 0.545. The SMILES string of the molecule is O=C(C1=C2NCCN2C2=C(C(=O)c3ccccc32)C12C(=O)Nc1ccc(F)cc12)c1ccc(F)cc1.